The van der Waals surface area contributed by atoms with Crippen LogP contribution in [0.5, 0.6) is 17.2 Å². The summed E-state index contributed by atoms with van der Waals surface area (Å²) in [5.74, 6) is -0.488. The SMILES string of the molecule is CCOc1cccc([C@H](CC(=O)O)NC(=O)Nc2c(O)c(C)c(C)n(Cc3c(Cl)cccc3OCC)c2=O)c1. The number of urea groups is 1. The molecule has 0 saturated carbocycles. The Morgan fingerprint density at radius 3 is 2.44 bits per heavy atom. The summed E-state index contributed by atoms with van der Waals surface area (Å²) in [6.45, 7) is 7.78. The molecule has 0 spiro atoms. The summed E-state index contributed by atoms with van der Waals surface area (Å²) >= 11 is 6.42. The van der Waals surface area contributed by atoms with Crippen LogP contribution in [0.25, 0.3) is 0 Å². The van der Waals surface area contributed by atoms with Crippen molar-refractivity contribution in [3.8, 4) is 17.2 Å². The fourth-order valence-electron chi connectivity index (χ4n) is 4.12. The number of hydrogen-bond acceptors (Lipinski definition) is 6. The Labute approximate surface area is 231 Å². The highest BCUT2D eigenvalue weighted by Crippen LogP contribution is 2.31. The minimum Gasteiger partial charge on any atom is -0.505 e. The van der Waals surface area contributed by atoms with Crippen molar-refractivity contribution in [2.45, 2.75) is 46.7 Å². The quantitative estimate of drug-likeness (QED) is 0.260. The summed E-state index contributed by atoms with van der Waals surface area (Å²) in [7, 11) is 0. The lowest BCUT2D eigenvalue weighted by molar-refractivity contribution is -0.137. The first-order valence-corrected chi connectivity index (χ1v) is 12.8. The van der Waals surface area contributed by atoms with E-state index in [-0.39, 0.29) is 18.0 Å². The zero-order chi connectivity index (χ0) is 28.7. The number of carbonyl (C=O) groups excluding carboxylic acids is 1. The maximum absolute atomic E-state index is 13.5. The minimum atomic E-state index is -1.14. The fraction of sp³-hybridized carbons (Fsp3) is 0.321. The smallest absolute Gasteiger partial charge is 0.319 e. The number of nitrogens with zero attached hydrogens (tertiary/aromatic N) is 1. The van der Waals surface area contributed by atoms with Crippen molar-refractivity contribution in [1.29, 1.82) is 0 Å². The van der Waals surface area contributed by atoms with Gasteiger partial charge in [-0.25, -0.2) is 4.79 Å². The third kappa shape index (κ3) is 7.02. The van der Waals surface area contributed by atoms with Crippen LogP contribution in [-0.2, 0) is 11.3 Å². The largest absolute Gasteiger partial charge is 0.505 e. The highest BCUT2D eigenvalue weighted by molar-refractivity contribution is 6.31. The predicted octanol–water partition coefficient (Wildman–Crippen LogP) is 5.01. The number of anilines is 1. The molecule has 0 aliphatic heterocycles. The van der Waals surface area contributed by atoms with E-state index in [1.165, 1.54) is 4.57 Å². The molecule has 3 rings (SSSR count). The molecule has 0 unspecified atom stereocenters. The zero-order valence-corrected chi connectivity index (χ0v) is 23.0. The lowest BCUT2D eigenvalue weighted by atomic mass is 10.0. The van der Waals surface area contributed by atoms with Gasteiger partial charge in [-0.2, -0.15) is 0 Å². The molecule has 11 heteroatoms. The number of halogens is 1. The summed E-state index contributed by atoms with van der Waals surface area (Å²) in [6, 6.07) is 10.1. The molecule has 1 aromatic heterocycles. The summed E-state index contributed by atoms with van der Waals surface area (Å²) in [4.78, 5) is 38.0. The lowest BCUT2D eigenvalue weighted by Gasteiger charge is -2.21. The van der Waals surface area contributed by atoms with E-state index in [1.54, 1.807) is 56.3 Å². The molecule has 2 amide bonds. The number of pyridine rings is 1. The molecule has 3 aromatic rings. The zero-order valence-electron chi connectivity index (χ0n) is 22.2. The number of hydrogen-bond donors (Lipinski definition) is 4. The normalized spacial score (nSPS) is 11.5. The van der Waals surface area contributed by atoms with Crippen molar-refractivity contribution in [1.82, 2.24) is 9.88 Å². The fourth-order valence-corrected chi connectivity index (χ4v) is 4.34. The number of carbonyl (C=O) groups is 2. The Morgan fingerprint density at radius 2 is 1.77 bits per heavy atom. The predicted molar refractivity (Wildman–Crippen MR) is 148 cm³/mol. The second-order valence-corrected chi connectivity index (χ2v) is 9.14. The first-order valence-electron chi connectivity index (χ1n) is 12.4. The number of carboxylic acids is 1. The summed E-state index contributed by atoms with van der Waals surface area (Å²) in [5, 5.41) is 25.6. The monoisotopic (exact) mass is 557 g/mol. The van der Waals surface area contributed by atoms with E-state index in [1.807, 2.05) is 13.8 Å². The van der Waals surface area contributed by atoms with Crippen LogP contribution < -0.4 is 25.7 Å². The average molecular weight is 558 g/mol. The second kappa shape index (κ2) is 13.1. The molecule has 0 bridgehead atoms. The Morgan fingerprint density at radius 1 is 1.08 bits per heavy atom. The Hall–Kier alpha value is -4.18. The van der Waals surface area contributed by atoms with Crippen LogP contribution in [-0.4, -0.2) is 40.0 Å². The number of aromatic hydroxyl groups is 1. The van der Waals surface area contributed by atoms with E-state index in [9.17, 15) is 24.6 Å². The van der Waals surface area contributed by atoms with Crippen LogP contribution in [0, 0.1) is 13.8 Å². The third-order valence-corrected chi connectivity index (χ3v) is 6.54. The summed E-state index contributed by atoms with van der Waals surface area (Å²) in [6.07, 6.45) is -0.418. The lowest BCUT2D eigenvalue weighted by Crippen LogP contribution is -2.36. The van der Waals surface area contributed by atoms with Gasteiger partial charge in [-0.15, -0.1) is 0 Å². The maximum atomic E-state index is 13.5. The minimum absolute atomic E-state index is 0.0307. The number of carboxylic acid groups (broad SMARTS) is 1. The Kier molecular flexibility index (Phi) is 9.84. The number of ether oxygens (including phenoxy) is 2. The number of aromatic nitrogens is 1. The third-order valence-electron chi connectivity index (χ3n) is 6.18. The van der Waals surface area contributed by atoms with Gasteiger partial charge in [0.15, 0.2) is 5.69 Å². The molecule has 2 aromatic carbocycles. The van der Waals surface area contributed by atoms with Crippen LogP contribution in [0.4, 0.5) is 10.5 Å². The maximum Gasteiger partial charge on any atom is 0.319 e. The van der Waals surface area contributed by atoms with Crippen molar-refractivity contribution in [3.05, 3.63) is 80.2 Å². The molecular weight excluding hydrogens is 526 g/mol. The van der Waals surface area contributed by atoms with Crippen LogP contribution >= 0.6 is 11.6 Å². The molecule has 1 atom stereocenters. The summed E-state index contributed by atoms with van der Waals surface area (Å²) in [5.41, 5.74) is 0.910. The van der Waals surface area contributed by atoms with E-state index < -0.39 is 30.0 Å². The van der Waals surface area contributed by atoms with Crippen molar-refractivity contribution < 1.29 is 29.3 Å². The van der Waals surface area contributed by atoms with Gasteiger partial charge in [0.25, 0.3) is 5.56 Å². The Bertz CT molecular complexity index is 1420. The standard InChI is InChI=1S/C28H32ClN3O7/c1-5-38-19-10-7-9-18(13-19)22(14-24(33)34)30-28(37)31-25-26(35)16(3)17(4)32(27(25)36)15-20-21(29)11-8-12-23(20)39-6-2/h7-13,22,35H,5-6,14-15H2,1-4H3,(H,33,34)(H2,30,31,37)/t22-/m0/s1. The summed E-state index contributed by atoms with van der Waals surface area (Å²) < 4.78 is 12.5. The number of aliphatic carboxylic acids is 1. The second-order valence-electron chi connectivity index (χ2n) is 8.73. The van der Waals surface area contributed by atoms with Crippen molar-refractivity contribution in [2.24, 2.45) is 0 Å². The van der Waals surface area contributed by atoms with Gasteiger partial charge < -0.3 is 34.9 Å². The number of nitrogens with one attached hydrogen (secondary N) is 2. The molecule has 0 aliphatic rings. The highest BCUT2D eigenvalue weighted by Gasteiger charge is 2.23. The average Bonchev–Trinajstić information content (AvgIpc) is 2.89. The molecule has 208 valence electrons. The highest BCUT2D eigenvalue weighted by atomic mass is 35.5. The molecule has 0 saturated heterocycles. The van der Waals surface area contributed by atoms with Gasteiger partial charge in [-0.05, 0) is 57.5 Å². The number of rotatable bonds is 11. The van der Waals surface area contributed by atoms with Gasteiger partial charge in [0, 0.05) is 21.8 Å². The Balaban J connectivity index is 1.95. The van der Waals surface area contributed by atoms with E-state index in [2.05, 4.69) is 10.6 Å². The van der Waals surface area contributed by atoms with Crippen molar-refractivity contribution in [3.63, 3.8) is 0 Å². The van der Waals surface area contributed by atoms with Crippen LogP contribution in [0.2, 0.25) is 5.02 Å². The van der Waals surface area contributed by atoms with Crippen LogP contribution in [0.15, 0.2) is 47.3 Å². The van der Waals surface area contributed by atoms with Gasteiger partial charge in [0.1, 0.15) is 17.2 Å². The molecule has 39 heavy (non-hydrogen) atoms. The molecule has 0 aliphatic carbocycles. The van der Waals surface area contributed by atoms with E-state index in [0.717, 1.165) is 0 Å². The van der Waals surface area contributed by atoms with Crippen molar-refractivity contribution >= 4 is 29.3 Å². The van der Waals surface area contributed by atoms with Gasteiger partial charge in [-0.1, -0.05) is 29.8 Å². The van der Waals surface area contributed by atoms with Crippen LogP contribution in [0.1, 0.15) is 48.7 Å². The molecule has 10 nitrogen and oxygen atoms in total. The first-order chi connectivity index (χ1) is 18.6. The van der Waals surface area contributed by atoms with Gasteiger partial charge in [-0.3, -0.25) is 9.59 Å². The molecular formula is C28H32ClN3O7. The van der Waals surface area contributed by atoms with Gasteiger partial charge in [0.2, 0.25) is 0 Å². The van der Waals surface area contributed by atoms with Gasteiger partial charge in [0.05, 0.1) is 32.2 Å². The van der Waals surface area contributed by atoms with Gasteiger partial charge >= 0.3 is 12.0 Å². The molecule has 0 fully saturated rings. The van der Waals surface area contributed by atoms with Crippen molar-refractivity contribution in [2.75, 3.05) is 18.5 Å². The van der Waals surface area contributed by atoms with Crippen LogP contribution in [0.3, 0.4) is 0 Å². The molecule has 1 heterocycles. The first kappa shape index (κ1) is 29.4. The molecule has 0 radical (unpaired) electrons. The molecule has 4 N–H and O–H groups in total. The number of amides is 2. The topological polar surface area (TPSA) is 139 Å². The van der Waals surface area contributed by atoms with E-state index in [4.69, 9.17) is 21.1 Å². The van der Waals surface area contributed by atoms with E-state index >= 15 is 0 Å². The van der Waals surface area contributed by atoms with E-state index in [0.29, 0.717) is 52.1 Å². The number of benzene rings is 2.